The standard InChI is InChI=1S/C19H28N2O5/c1-5-8-14(4)11-18(22)20-16(12-19(23)26-13(2)3)15-9-6-7-10-17(15)21(24)25/h6-7,9-10,13-14,16H,5,8,11-12H2,1-4H3,(H,20,22). The van der Waals surface area contributed by atoms with E-state index in [0.29, 0.717) is 12.0 Å². The van der Waals surface area contributed by atoms with Crippen molar-refractivity contribution in [1.29, 1.82) is 0 Å². The number of carbonyl (C=O) groups is 2. The summed E-state index contributed by atoms with van der Waals surface area (Å²) in [7, 11) is 0. The monoisotopic (exact) mass is 364 g/mol. The summed E-state index contributed by atoms with van der Waals surface area (Å²) in [6, 6.07) is 5.32. The van der Waals surface area contributed by atoms with Crippen LogP contribution in [0.25, 0.3) is 0 Å². The Morgan fingerprint density at radius 1 is 1.19 bits per heavy atom. The van der Waals surface area contributed by atoms with Gasteiger partial charge in [-0.15, -0.1) is 0 Å². The number of rotatable bonds is 10. The molecule has 0 aliphatic heterocycles. The highest BCUT2D eigenvalue weighted by Gasteiger charge is 2.26. The molecule has 0 bridgehead atoms. The fourth-order valence-electron chi connectivity index (χ4n) is 2.83. The molecule has 1 aromatic rings. The first-order valence-corrected chi connectivity index (χ1v) is 8.96. The Bertz CT molecular complexity index is 630. The number of nitrogens with zero attached hydrogens (tertiary/aromatic N) is 1. The molecule has 0 aliphatic rings. The summed E-state index contributed by atoms with van der Waals surface area (Å²) >= 11 is 0. The second-order valence-electron chi connectivity index (χ2n) is 6.78. The summed E-state index contributed by atoms with van der Waals surface area (Å²) in [5.74, 6) is -0.537. The van der Waals surface area contributed by atoms with Crippen molar-refractivity contribution >= 4 is 17.6 Å². The minimum atomic E-state index is -0.802. The van der Waals surface area contributed by atoms with Gasteiger partial charge < -0.3 is 10.1 Å². The lowest BCUT2D eigenvalue weighted by Crippen LogP contribution is -2.32. The van der Waals surface area contributed by atoms with Crippen LogP contribution in [-0.4, -0.2) is 22.9 Å². The molecule has 1 rings (SSSR count). The maximum absolute atomic E-state index is 12.4. The van der Waals surface area contributed by atoms with Crippen molar-refractivity contribution in [2.24, 2.45) is 5.92 Å². The molecular weight excluding hydrogens is 336 g/mol. The van der Waals surface area contributed by atoms with Gasteiger partial charge in [0.05, 0.1) is 29.1 Å². The first kappa shape index (κ1) is 21.6. The van der Waals surface area contributed by atoms with Gasteiger partial charge in [-0.3, -0.25) is 19.7 Å². The SMILES string of the molecule is CCCC(C)CC(=O)NC(CC(=O)OC(C)C)c1ccccc1[N+](=O)[O-]. The molecule has 26 heavy (non-hydrogen) atoms. The third-order valence-corrected chi connectivity index (χ3v) is 3.90. The molecule has 0 aromatic heterocycles. The Labute approximate surface area is 154 Å². The van der Waals surface area contributed by atoms with Gasteiger partial charge in [0.25, 0.3) is 5.69 Å². The average molecular weight is 364 g/mol. The van der Waals surface area contributed by atoms with E-state index in [4.69, 9.17) is 4.74 Å². The van der Waals surface area contributed by atoms with Gasteiger partial charge in [0, 0.05) is 12.5 Å². The predicted molar refractivity (Wildman–Crippen MR) is 98.5 cm³/mol. The van der Waals surface area contributed by atoms with Crippen LogP contribution in [0.1, 0.15) is 65.0 Å². The molecule has 0 radical (unpaired) electrons. The molecule has 7 heteroatoms. The number of nitro benzene ring substituents is 1. The smallest absolute Gasteiger partial charge is 0.308 e. The van der Waals surface area contributed by atoms with Crippen molar-refractivity contribution in [2.75, 3.05) is 0 Å². The molecule has 2 unspecified atom stereocenters. The van der Waals surface area contributed by atoms with Crippen LogP contribution in [0.5, 0.6) is 0 Å². The Morgan fingerprint density at radius 3 is 2.42 bits per heavy atom. The molecule has 0 aliphatic carbocycles. The quantitative estimate of drug-likeness (QED) is 0.385. The number of nitro groups is 1. The van der Waals surface area contributed by atoms with Gasteiger partial charge in [0.15, 0.2) is 0 Å². The topological polar surface area (TPSA) is 98.5 Å². The largest absolute Gasteiger partial charge is 0.463 e. The normalized spacial score (nSPS) is 13.1. The van der Waals surface area contributed by atoms with Crippen LogP contribution in [0.15, 0.2) is 24.3 Å². The molecule has 2 atom stereocenters. The highest BCUT2D eigenvalue weighted by Crippen LogP contribution is 2.28. The molecule has 0 saturated heterocycles. The maximum Gasteiger partial charge on any atom is 0.308 e. The van der Waals surface area contributed by atoms with Gasteiger partial charge in [-0.1, -0.05) is 44.9 Å². The van der Waals surface area contributed by atoms with Gasteiger partial charge in [-0.05, 0) is 19.8 Å². The van der Waals surface area contributed by atoms with E-state index in [0.717, 1.165) is 12.8 Å². The van der Waals surface area contributed by atoms with E-state index in [1.165, 1.54) is 6.07 Å². The average Bonchev–Trinajstić information content (AvgIpc) is 2.53. The first-order chi connectivity index (χ1) is 12.2. The highest BCUT2D eigenvalue weighted by molar-refractivity contribution is 5.78. The van der Waals surface area contributed by atoms with E-state index in [-0.39, 0.29) is 30.0 Å². The van der Waals surface area contributed by atoms with Crippen molar-refractivity contribution < 1.29 is 19.2 Å². The van der Waals surface area contributed by atoms with Crippen LogP contribution in [0, 0.1) is 16.0 Å². The van der Waals surface area contributed by atoms with Gasteiger partial charge in [0.1, 0.15) is 0 Å². The lowest BCUT2D eigenvalue weighted by molar-refractivity contribution is -0.385. The molecule has 7 nitrogen and oxygen atoms in total. The number of ether oxygens (including phenoxy) is 1. The Hall–Kier alpha value is -2.44. The van der Waals surface area contributed by atoms with Gasteiger partial charge in [0.2, 0.25) is 5.91 Å². The van der Waals surface area contributed by atoms with Crippen LogP contribution >= 0.6 is 0 Å². The third-order valence-electron chi connectivity index (χ3n) is 3.90. The molecular formula is C19H28N2O5. The summed E-state index contributed by atoms with van der Waals surface area (Å²) in [5.41, 5.74) is 0.173. The minimum Gasteiger partial charge on any atom is -0.463 e. The summed E-state index contributed by atoms with van der Waals surface area (Å²) in [6.45, 7) is 7.48. The van der Waals surface area contributed by atoms with Crippen molar-refractivity contribution in [3.8, 4) is 0 Å². The van der Waals surface area contributed by atoms with E-state index < -0.39 is 16.9 Å². The summed E-state index contributed by atoms with van der Waals surface area (Å²) < 4.78 is 5.14. The molecule has 1 N–H and O–H groups in total. The number of nitrogens with one attached hydrogen (secondary N) is 1. The fourth-order valence-corrected chi connectivity index (χ4v) is 2.83. The van der Waals surface area contributed by atoms with E-state index in [9.17, 15) is 19.7 Å². The Morgan fingerprint density at radius 2 is 1.85 bits per heavy atom. The summed E-state index contributed by atoms with van der Waals surface area (Å²) in [5, 5.41) is 14.1. The van der Waals surface area contributed by atoms with Gasteiger partial charge in [-0.25, -0.2) is 0 Å². The van der Waals surface area contributed by atoms with E-state index in [1.54, 1.807) is 32.0 Å². The molecule has 0 fully saturated rings. The lowest BCUT2D eigenvalue weighted by Gasteiger charge is -2.20. The van der Waals surface area contributed by atoms with Crippen LogP contribution in [0.2, 0.25) is 0 Å². The fraction of sp³-hybridized carbons (Fsp3) is 0.579. The maximum atomic E-state index is 12.4. The number of carbonyl (C=O) groups excluding carboxylic acids is 2. The van der Waals surface area contributed by atoms with Gasteiger partial charge >= 0.3 is 5.97 Å². The van der Waals surface area contributed by atoms with Gasteiger partial charge in [-0.2, -0.15) is 0 Å². The third kappa shape index (κ3) is 7.21. The van der Waals surface area contributed by atoms with Crippen molar-refractivity contribution in [3.05, 3.63) is 39.9 Å². The lowest BCUT2D eigenvalue weighted by atomic mass is 9.99. The van der Waals surface area contributed by atoms with Crippen LogP contribution in [0.3, 0.4) is 0 Å². The van der Waals surface area contributed by atoms with E-state index >= 15 is 0 Å². The van der Waals surface area contributed by atoms with Crippen molar-refractivity contribution in [2.45, 2.75) is 65.5 Å². The number of hydrogen-bond acceptors (Lipinski definition) is 5. The summed E-state index contributed by atoms with van der Waals surface area (Å²) in [6.07, 6.45) is 1.75. The number of hydrogen-bond donors (Lipinski definition) is 1. The van der Waals surface area contributed by atoms with Crippen LogP contribution in [-0.2, 0) is 14.3 Å². The highest BCUT2D eigenvalue weighted by atomic mass is 16.6. The molecule has 0 heterocycles. The zero-order chi connectivity index (χ0) is 19.7. The second-order valence-corrected chi connectivity index (χ2v) is 6.78. The van der Waals surface area contributed by atoms with Crippen LogP contribution < -0.4 is 5.32 Å². The van der Waals surface area contributed by atoms with E-state index in [2.05, 4.69) is 5.32 Å². The molecule has 0 saturated carbocycles. The number of para-hydroxylation sites is 1. The first-order valence-electron chi connectivity index (χ1n) is 8.96. The molecule has 1 aromatic carbocycles. The summed E-state index contributed by atoms with van der Waals surface area (Å²) in [4.78, 5) is 35.2. The van der Waals surface area contributed by atoms with Crippen LogP contribution in [0.4, 0.5) is 5.69 Å². The number of amides is 1. The van der Waals surface area contributed by atoms with E-state index in [1.807, 2.05) is 13.8 Å². The number of benzene rings is 1. The molecule has 144 valence electrons. The molecule has 0 spiro atoms. The predicted octanol–water partition coefficient (Wildman–Crippen LogP) is 3.92. The zero-order valence-electron chi connectivity index (χ0n) is 15.9. The van der Waals surface area contributed by atoms with Crippen molar-refractivity contribution in [1.82, 2.24) is 5.32 Å². The van der Waals surface area contributed by atoms with Crippen molar-refractivity contribution in [3.63, 3.8) is 0 Å². The Balaban J connectivity index is 3.01. The zero-order valence-corrected chi connectivity index (χ0v) is 15.9. The Kier molecular flexibility index (Phi) is 8.75. The molecule has 1 amide bonds. The minimum absolute atomic E-state index is 0.128. The second kappa shape index (κ2) is 10.5. The number of esters is 1.